The Hall–Kier alpha value is -4.44. The Bertz CT molecular complexity index is 1490. The first-order chi connectivity index (χ1) is 17.3. The number of allylic oxidation sites excluding steroid dienone is 1. The van der Waals surface area contributed by atoms with E-state index in [0.29, 0.717) is 22.8 Å². The normalized spacial score (nSPS) is 11.0. The van der Waals surface area contributed by atoms with Crippen LogP contribution < -0.4 is 18.9 Å². The molecule has 184 valence electrons. The Morgan fingerprint density at radius 1 is 0.944 bits per heavy atom. The fourth-order valence-electron chi connectivity index (χ4n) is 3.28. The number of ether oxygens (including phenoxy) is 3. The van der Waals surface area contributed by atoms with Crippen LogP contribution in [-0.4, -0.2) is 37.6 Å². The van der Waals surface area contributed by atoms with Gasteiger partial charge in [-0.3, -0.25) is 9.71 Å². The molecule has 0 saturated heterocycles. The maximum atomic E-state index is 13.3. The number of para-hydroxylation sites is 2. The molecule has 4 rings (SSSR count). The van der Waals surface area contributed by atoms with E-state index in [1.54, 1.807) is 60.9 Å². The first-order valence-electron chi connectivity index (χ1n) is 10.8. The molecule has 0 radical (unpaired) electrons. The van der Waals surface area contributed by atoms with Crippen LogP contribution in [0.2, 0.25) is 0 Å². The number of aromatic nitrogens is 3. The van der Waals surface area contributed by atoms with Crippen molar-refractivity contribution in [3.63, 3.8) is 0 Å². The highest BCUT2D eigenvalue weighted by molar-refractivity contribution is 7.92. The van der Waals surface area contributed by atoms with Crippen LogP contribution in [-0.2, 0) is 10.0 Å². The number of sulfonamides is 1. The largest absolute Gasteiger partial charge is 0.493 e. The molecule has 0 spiro atoms. The maximum Gasteiger partial charge on any atom is 0.280 e. The third-order valence-corrected chi connectivity index (χ3v) is 6.41. The monoisotopic (exact) mass is 504 g/mol. The van der Waals surface area contributed by atoms with Crippen LogP contribution in [0.15, 0.2) is 84.8 Å². The van der Waals surface area contributed by atoms with Crippen molar-refractivity contribution < 1.29 is 22.6 Å². The lowest BCUT2D eigenvalue weighted by Crippen LogP contribution is -2.16. The number of anilines is 1. The van der Waals surface area contributed by atoms with Crippen LogP contribution in [0.3, 0.4) is 0 Å². The van der Waals surface area contributed by atoms with Crippen molar-refractivity contribution in [3.05, 3.63) is 85.3 Å². The number of hydrogen-bond donors (Lipinski definition) is 1. The van der Waals surface area contributed by atoms with Gasteiger partial charge in [-0.1, -0.05) is 24.8 Å². The summed E-state index contributed by atoms with van der Waals surface area (Å²) in [4.78, 5) is 12.7. The van der Waals surface area contributed by atoms with Gasteiger partial charge in [-0.2, -0.15) is 8.42 Å². The van der Waals surface area contributed by atoms with Crippen molar-refractivity contribution in [1.82, 2.24) is 15.0 Å². The van der Waals surface area contributed by atoms with E-state index in [4.69, 9.17) is 14.2 Å². The lowest BCUT2D eigenvalue weighted by Gasteiger charge is -2.18. The van der Waals surface area contributed by atoms with Gasteiger partial charge >= 0.3 is 0 Å². The highest BCUT2D eigenvalue weighted by Gasteiger charge is 2.24. The summed E-state index contributed by atoms with van der Waals surface area (Å²) in [5, 5.41) is -0.189. The summed E-state index contributed by atoms with van der Waals surface area (Å²) in [5.41, 5.74) is 2.65. The van der Waals surface area contributed by atoms with Crippen molar-refractivity contribution in [2.24, 2.45) is 0 Å². The maximum absolute atomic E-state index is 13.3. The van der Waals surface area contributed by atoms with E-state index in [9.17, 15) is 8.42 Å². The molecule has 0 bridgehead atoms. The number of benzene rings is 1. The van der Waals surface area contributed by atoms with Gasteiger partial charge in [0.1, 0.15) is 0 Å². The first-order valence-corrected chi connectivity index (χ1v) is 12.3. The summed E-state index contributed by atoms with van der Waals surface area (Å²) in [6.07, 6.45) is 4.67. The molecule has 3 heterocycles. The number of nitrogens with one attached hydrogen (secondary N) is 1. The third kappa shape index (κ3) is 5.28. The summed E-state index contributed by atoms with van der Waals surface area (Å²) >= 11 is 0. The van der Waals surface area contributed by atoms with Gasteiger partial charge in [0, 0.05) is 30.2 Å². The van der Waals surface area contributed by atoms with Crippen LogP contribution >= 0.6 is 0 Å². The first kappa shape index (κ1) is 24.7. The zero-order chi connectivity index (χ0) is 25.7. The van der Waals surface area contributed by atoms with Crippen molar-refractivity contribution in [3.8, 4) is 34.3 Å². The van der Waals surface area contributed by atoms with Gasteiger partial charge in [-0.05, 0) is 48.4 Å². The topological polar surface area (TPSA) is 113 Å². The highest BCUT2D eigenvalue weighted by Crippen LogP contribution is 2.43. The molecular weight excluding hydrogens is 480 g/mol. The Labute approximate surface area is 209 Å². The molecule has 9 nitrogen and oxygen atoms in total. The zero-order valence-corrected chi connectivity index (χ0v) is 20.7. The van der Waals surface area contributed by atoms with Crippen LogP contribution in [0.1, 0.15) is 12.5 Å². The Balaban J connectivity index is 1.84. The molecule has 1 N–H and O–H groups in total. The third-order valence-electron chi connectivity index (χ3n) is 5.15. The lowest BCUT2D eigenvalue weighted by molar-refractivity contribution is 0.357. The summed E-state index contributed by atoms with van der Waals surface area (Å²) in [7, 11) is -1.18. The Morgan fingerprint density at radius 2 is 1.64 bits per heavy atom. The van der Waals surface area contributed by atoms with E-state index in [2.05, 4.69) is 26.3 Å². The standard InChI is InChI=1S/C26H24N4O5S/c1-17(2)19-9-10-24(28-16-19)36(31,32)30-26-25(35-22-8-6-5-7-21(22)33-3)23(34-4)15-20(29-26)18-11-13-27-14-12-18/h5-16H,1H2,2-4H3,(H,29,30). The second kappa shape index (κ2) is 10.4. The minimum Gasteiger partial charge on any atom is -0.493 e. The minimum atomic E-state index is -4.14. The van der Waals surface area contributed by atoms with Crippen LogP contribution in [0.4, 0.5) is 5.82 Å². The lowest BCUT2D eigenvalue weighted by atomic mass is 10.1. The smallest absolute Gasteiger partial charge is 0.280 e. The van der Waals surface area contributed by atoms with Crippen molar-refractivity contribution in [2.45, 2.75) is 11.9 Å². The molecule has 0 aliphatic carbocycles. The summed E-state index contributed by atoms with van der Waals surface area (Å²) < 4.78 is 46.1. The molecule has 0 amide bonds. The molecule has 0 aliphatic heterocycles. The van der Waals surface area contributed by atoms with Crippen molar-refractivity contribution >= 4 is 21.4 Å². The Morgan fingerprint density at radius 3 is 2.25 bits per heavy atom. The fraction of sp³-hybridized carbons (Fsp3) is 0.115. The molecule has 0 saturated carbocycles. The van der Waals surface area contributed by atoms with Crippen molar-refractivity contribution in [1.29, 1.82) is 0 Å². The summed E-state index contributed by atoms with van der Waals surface area (Å²) in [6.45, 7) is 5.66. The van der Waals surface area contributed by atoms with E-state index in [0.717, 1.165) is 11.1 Å². The van der Waals surface area contributed by atoms with E-state index in [-0.39, 0.29) is 22.3 Å². The van der Waals surface area contributed by atoms with Gasteiger partial charge in [0.2, 0.25) is 5.75 Å². The molecule has 1 aromatic carbocycles. The number of nitrogens with zero attached hydrogens (tertiary/aromatic N) is 3. The summed E-state index contributed by atoms with van der Waals surface area (Å²) in [6, 6.07) is 15.1. The molecule has 0 fully saturated rings. The van der Waals surface area contributed by atoms with Gasteiger partial charge in [-0.15, -0.1) is 0 Å². The van der Waals surface area contributed by atoms with E-state index in [1.165, 1.54) is 26.5 Å². The predicted molar refractivity (Wildman–Crippen MR) is 137 cm³/mol. The summed E-state index contributed by atoms with van der Waals surface area (Å²) in [5.74, 6) is 1.02. The van der Waals surface area contributed by atoms with Gasteiger partial charge in [-0.25, -0.2) is 9.97 Å². The quantitative estimate of drug-likeness (QED) is 0.332. The number of methoxy groups -OCH3 is 2. The fourth-order valence-corrected chi connectivity index (χ4v) is 4.22. The van der Waals surface area contributed by atoms with Crippen LogP contribution in [0.25, 0.3) is 16.8 Å². The van der Waals surface area contributed by atoms with E-state index in [1.807, 2.05) is 6.92 Å². The van der Waals surface area contributed by atoms with Gasteiger partial charge in [0.25, 0.3) is 10.0 Å². The minimum absolute atomic E-state index is 0.0573. The van der Waals surface area contributed by atoms with Crippen molar-refractivity contribution in [2.75, 3.05) is 18.9 Å². The molecule has 10 heteroatoms. The number of hydrogen-bond acceptors (Lipinski definition) is 8. The van der Waals surface area contributed by atoms with Crippen LogP contribution in [0, 0.1) is 0 Å². The SMILES string of the molecule is C=C(C)c1ccc(S(=O)(=O)Nc2nc(-c3ccncc3)cc(OC)c2Oc2ccccc2OC)nc1. The average Bonchev–Trinajstić information content (AvgIpc) is 2.90. The number of pyridine rings is 3. The second-order valence-corrected chi connectivity index (χ2v) is 9.28. The van der Waals surface area contributed by atoms with Crippen LogP contribution in [0.5, 0.6) is 23.0 Å². The zero-order valence-electron chi connectivity index (χ0n) is 19.9. The molecular formula is C26H24N4O5S. The second-order valence-electron chi connectivity index (χ2n) is 7.65. The van der Waals surface area contributed by atoms with Gasteiger partial charge in [0.15, 0.2) is 28.1 Å². The van der Waals surface area contributed by atoms with Gasteiger partial charge in [0.05, 0.1) is 19.9 Å². The Kier molecular flexibility index (Phi) is 7.16. The molecule has 3 aromatic heterocycles. The van der Waals surface area contributed by atoms with E-state index < -0.39 is 10.0 Å². The molecule has 0 aliphatic rings. The van der Waals surface area contributed by atoms with Gasteiger partial charge < -0.3 is 14.2 Å². The molecule has 4 aromatic rings. The molecule has 36 heavy (non-hydrogen) atoms. The predicted octanol–water partition coefficient (Wildman–Crippen LogP) is 5.18. The van der Waals surface area contributed by atoms with E-state index >= 15 is 0 Å². The highest BCUT2D eigenvalue weighted by atomic mass is 32.2. The molecule has 0 atom stereocenters. The average molecular weight is 505 g/mol. The number of rotatable bonds is 9. The molecule has 0 unspecified atom stereocenters.